The van der Waals surface area contributed by atoms with Crippen LogP contribution in [0.2, 0.25) is 0 Å². The Morgan fingerprint density at radius 2 is 2.06 bits per heavy atom. The zero-order valence-corrected chi connectivity index (χ0v) is 9.94. The van der Waals surface area contributed by atoms with Crippen molar-refractivity contribution < 1.29 is 9.90 Å². The van der Waals surface area contributed by atoms with Gasteiger partial charge in [0.05, 0.1) is 17.7 Å². The molecule has 5 heteroatoms. The minimum atomic E-state index is -0.233. The van der Waals surface area contributed by atoms with E-state index < -0.39 is 0 Å². The van der Waals surface area contributed by atoms with Gasteiger partial charge in [-0.2, -0.15) is 0 Å². The van der Waals surface area contributed by atoms with Gasteiger partial charge in [0.2, 0.25) is 5.95 Å². The molecule has 3 aliphatic rings. The van der Waals surface area contributed by atoms with Gasteiger partial charge in [0.1, 0.15) is 0 Å². The van der Waals surface area contributed by atoms with Gasteiger partial charge in [0.25, 0.3) is 0 Å². The predicted molar refractivity (Wildman–Crippen MR) is 64.3 cm³/mol. The molecule has 2 saturated carbocycles. The molecule has 94 valence electrons. The molecular formula is C13H15N3O2. The average Bonchev–Trinajstić information content (AvgIpc) is 3.00. The van der Waals surface area contributed by atoms with Crippen LogP contribution in [0.5, 0.6) is 0 Å². The Balaban J connectivity index is 1.67. The van der Waals surface area contributed by atoms with Crippen LogP contribution in [0.25, 0.3) is 0 Å². The second-order valence-corrected chi connectivity index (χ2v) is 5.72. The monoisotopic (exact) mass is 245 g/mol. The van der Waals surface area contributed by atoms with Crippen molar-refractivity contribution in [3.05, 3.63) is 18.0 Å². The first-order valence-corrected chi connectivity index (χ1v) is 6.50. The van der Waals surface area contributed by atoms with Crippen molar-refractivity contribution in [2.45, 2.75) is 25.0 Å². The summed E-state index contributed by atoms with van der Waals surface area (Å²) >= 11 is 0. The molecule has 1 saturated heterocycles. The van der Waals surface area contributed by atoms with Gasteiger partial charge in [0, 0.05) is 18.9 Å². The lowest BCUT2D eigenvalue weighted by Gasteiger charge is -2.28. The van der Waals surface area contributed by atoms with E-state index in [0.29, 0.717) is 29.3 Å². The third-order valence-electron chi connectivity index (χ3n) is 4.90. The van der Waals surface area contributed by atoms with E-state index in [2.05, 4.69) is 14.9 Å². The third-order valence-corrected chi connectivity index (χ3v) is 4.90. The summed E-state index contributed by atoms with van der Waals surface area (Å²) in [6.07, 6.45) is 5.91. The molecule has 18 heavy (non-hydrogen) atoms. The number of carbonyl (C=O) groups is 1. The Labute approximate surface area is 105 Å². The van der Waals surface area contributed by atoms with Gasteiger partial charge in [-0.3, -0.25) is 4.79 Å². The third kappa shape index (κ3) is 1.22. The number of nitrogens with zero attached hydrogens (tertiary/aromatic N) is 3. The summed E-state index contributed by atoms with van der Waals surface area (Å²) in [6.45, 7) is 0.948. The number of aliphatic hydroxyl groups excluding tert-OH is 1. The summed E-state index contributed by atoms with van der Waals surface area (Å²) in [5, 5.41) is 10.3. The van der Waals surface area contributed by atoms with E-state index in [1.807, 2.05) is 0 Å². The molecule has 5 atom stereocenters. The van der Waals surface area contributed by atoms with Gasteiger partial charge in [-0.1, -0.05) is 0 Å². The van der Waals surface area contributed by atoms with E-state index in [4.69, 9.17) is 0 Å². The van der Waals surface area contributed by atoms with Crippen molar-refractivity contribution in [3.63, 3.8) is 0 Å². The maximum absolute atomic E-state index is 10.6. The summed E-state index contributed by atoms with van der Waals surface area (Å²) in [6, 6.07) is 0.191. The van der Waals surface area contributed by atoms with Gasteiger partial charge in [-0.05, 0) is 30.6 Å². The first-order valence-electron chi connectivity index (χ1n) is 6.50. The Hall–Kier alpha value is -1.49. The number of fused-ring (bicyclic) bond motifs is 1. The minimum absolute atomic E-state index is 0.191. The van der Waals surface area contributed by atoms with Crippen molar-refractivity contribution in [1.82, 2.24) is 9.97 Å². The van der Waals surface area contributed by atoms with Gasteiger partial charge in [-0.25, -0.2) is 9.97 Å². The summed E-state index contributed by atoms with van der Waals surface area (Å²) in [4.78, 5) is 21.2. The van der Waals surface area contributed by atoms with Gasteiger partial charge in [-0.15, -0.1) is 0 Å². The quantitative estimate of drug-likeness (QED) is 0.768. The molecule has 0 radical (unpaired) electrons. The lowest BCUT2D eigenvalue weighted by atomic mass is 9.88. The average molecular weight is 245 g/mol. The van der Waals surface area contributed by atoms with Crippen molar-refractivity contribution >= 4 is 12.2 Å². The standard InChI is InChI=1S/C13H15N3O2/c17-6-7-3-14-13(15-4-7)16-5-9-1-8-2-10(9)11(16)12(8)18/h3-4,6,8-12,18H,1-2,5H2. The van der Waals surface area contributed by atoms with Crippen LogP contribution >= 0.6 is 0 Å². The highest BCUT2D eigenvalue weighted by molar-refractivity contribution is 5.73. The molecule has 0 spiro atoms. The van der Waals surface area contributed by atoms with Gasteiger partial charge in [0.15, 0.2) is 6.29 Å². The smallest absolute Gasteiger partial charge is 0.225 e. The van der Waals surface area contributed by atoms with Crippen LogP contribution in [0.15, 0.2) is 12.4 Å². The number of carbonyl (C=O) groups excluding carboxylic acids is 1. The molecule has 4 rings (SSSR count). The van der Waals surface area contributed by atoms with Crippen LogP contribution < -0.4 is 4.90 Å². The van der Waals surface area contributed by atoms with Crippen LogP contribution in [0.3, 0.4) is 0 Å². The lowest BCUT2D eigenvalue weighted by Crippen LogP contribution is -2.41. The Kier molecular flexibility index (Phi) is 2.03. The molecule has 5 unspecified atom stereocenters. The molecule has 5 nitrogen and oxygen atoms in total. The Bertz CT molecular complexity index is 488. The maximum Gasteiger partial charge on any atom is 0.225 e. The predicted octanol–water partition coefficient (Wildman–Crippen LogP) is 0.495. The normalized spacial score (nSPS) is 40.5. The Morgan fingerprint density at radius 1 is 1.28 bits per heavy atom. The summed E-state index contributed by atoms with van der Waals surface area (Å²) in [7, 11) is 0. The molecule has 3 fully saturated rings. The molecule has 0 aromatic carbocycles. The number of aromatic nitrogens is 2. The second-order valence-electron chi connectivity index (χ2n) is 5.72. The number of aldehydes is 1. The van der Waals surface area contributed by atoms with Crippen molar-refractivity contribution in [2.75, 3.05) is 11.4 Å². The first kappa shape index (κ1) is 10.4. The highest BCUT2D eigenvalue weighted by Gasteiger charge is 2.59. The number of rotatable bonds is 2. The topological polar surface area (TPSA) is 66.3 Å². The molecular weight excluding hydrogens is 230 g/mol. The molecule has 0 amide bonds. The van der Waals surface area contributed by atoms with Gasteiger partial charge >= 0.3 is 0 Å². The van der Waals surface area contributed by atoms with E-state index in [0.717, 1.165) is 25.7 Å². The molecule has 1 aliphatic heterocycles. The van der Waals surface area contributed by atoms with E-state index in [1.165, 1.54) is 0 Å². The van der Waals surface area contributed by atoms with Gasteiger partial charge < -0.3 is 10.0 Å². The summed E-state index contributed by atoms with van der Waals surface area (Å²) < 4.78 is 0. The highest BCUT2D eigenvalue weighted by atomic mass is 16.3. The fraction of sp³-hybridized carbons (Fsp3) is 0.615. The van der Waals surface area contributed by atoms with E-state index in [-0.39, 0.29) is 12.1 Å². The second kappa shape index (κ2) is 3.51. The largest absolute Gasteiger partial charge is 0.391 e. The van der Waals surface area contributed by atoms with E-state index in [9.17, 15) is 9.90 Å². The zero-order valence-electron chi connectivity index (χ0n) is 9.94. The van der Waals surface area contributed by atoms with Crippen molar-refractivity contribution in [1.29, 1.82) is 0 Å². The number of hydrogen-bond donors (Lipinski definition) is 1. The molecule has 2 heterocycles. The van der Waals surface area contributed by atoms with Crippen molar-refractivity contribution in [3.8, 4) is 0 Å². The highest BCUT2D eigenvalue weighted by Crippen LogP contribution is 2.55. The number of hydrogen-bond acceptors (Lipinski definition) is 5. The number of anilines is 1. The van der Waals surface area contributed by atoms with Crippen LogP contribution in [-0.4, -0.2) is 40.1 Å². The molecule has 1 N–H and O–H groups in total. The van der Waals surface area contributed by atoms with Crippen LogP contribution in [0.4, 0.5) is 5.95 Å². The maximum atomic E-state index is 10.6. The lowest BCUT2D eigenvalue weighted by molar-refractivity contribution is 0.0963. The van der Waals surface area contributed by atoms with Crippen LogP contribution in [-0.2, 0) is 0 Å². The molecule has 1 aromatic rings. The van der Waals surface area contributed by atoms with E-state index in [1.54, 1.807) is 12.4 Å². The molecule has 1 aromatic heterocycles. The van der Waals surface area contributed by atoms with Crippen LogP contribution in [0, 0.1) is 17.8 Å². The fourth-order valence-electron chi connectivity index (χ4n) is 4.19. The molecule has 2 aliphatic carbocycles. The number of aliphatic hydroxyl groups is 1. The first-order chi connectivity index (χ1) is 8.78. The fourth-order valence-corrected chi connectivity index (χ4v) is 4.19. The summed E-state index contributed by atoms with van der Waals surface area (Å²) in [5.41, 5.74) is 0.491. The molecule has 2 bridgehead atoms. The Morgan fingerprint density at radius 3 is 2.72 bits per heavy atom. The van der Waals surface area contributed by atoms with Crippen LogP contribution in [0.1, 0.15) is 23.2 Å². The van der Waals surface area contributed by atoms with Crippen molar-refractivity contribution in [2.24, 2.45) is 17.8 Å². The van der Waals surface area contributed by atoms with E-state index >= 15 is 0 Å². The minimum Gasteiger partial charge on any atom is -0.391 e. The SMILES string of the molecule is O=Cc1cnc(N2CC3CC4CC3C2C4O)nc1. The zero-order chi connectivity index (χ0) is 12.3. The summed E-state index contributed by atoms with van der Waals surface area (Å²) in [5.74, 6) is 2.43.